The summed E-state index contributed by atoms with van der Waals surface area (Å²) in [6.07, 6.45) is 3.10. The second-order valence-electron chi connectivity index (χ2n) is 6.12. The highest BCUT2D eigenvalue weighted by Gasteiger charge is 2.13. The molecule has 0 radical (unpaired) electrons. The van der Waals surface area contributed by atoms with Gasteiger partial charge in [-0.1, -0.05) is 55.3 Å². The van der Waals surface area contributed by atoms with Crippen molar-refractivity contribution >= 4 is 29.6 Å². The van der Waals surface area contributed by atoms with E-state index >= 15 is 0 Å². The van der Waals surface area contributed by atoms with Crippen molar-refractivity contribution in [3.8, 4) is 11.5 Å². The molecule has 0 aliphatic rings. The molecule has 2 aromatic rings. The summed E-state index contributed by atoms with van der Waals surface area (Å²) < 4.78 is 11.1. The van der Waals surface area contributed by atoms with Gasteiger partial charge in [0.2, 0.25) is 0 Å². The molecule has 29 heavy (non-hydrogen) atoms. The van der Waals surface area contributed by atoms with Crippen LogP contribution in [0.2, 0.25) is 5.02 Å². The van der Waals surface area contributed by atoms with E-state index in [9.17, 15) is 9.59 Å². The maximum Gasteiger partial charge on any atom is 0.329 e. The standard InChI is InChI=1S/C21H24ClN3O4/c1-3-4-10-23-20(26)21(27)25-24-13-16-11-17(22)19(18(12-16)28-2)29-14-15-8-6-5-7-9-15/h5-9,11-13H,3-4,10,14H2,1-2H3,(H,23,26)(H,25,27)/b24-13-. The van der Waals surface area contributed by atoms with Crippen LogP contribution in [-0.4, -0.2) is 31.7 Å². The monoisotopic (exact) mass is 417 g/mol. The van der Waals surface area contributed by atoms with E-state index in [1.165, 1.54) is 13.3 Å². The number of carbonyl (C=O) groups excluding carboxylic acids is 2. The third kappa shape index (κ3) is 7.12. The number of hydrogen-bond acceptors (Lipinski definition) is 5. The Morgan fingerprint density at radius 2 is 1.93 bits per heavy atom. The molecule has 0 fully saturated rings. The van der Waals surface area contributed by atoms with Crippen molar-refractivity contribution < 1.29 is 19.1 Å². The minimum Gasteiger partial charge on any atom is -0.493 e. The average Bonchev–Trinajstić information content (AvgIpc) is 2.73. The fraction of sp³-hybridized carbons (Fsp3) is 0.286. The summed E-state index contributed by atoms with van der Waals surface area (Å²) in [7, 11) is 1.50. The molecule has 0 atom stereocenters. The predicted octanol–water partition coefficient (Wildman–Crippen LogP) is 3.29. The second-order valence-corrected chi connectivity index (χ2v) is 6.52. The molecule has 0 aliphatic heterocycles. The quantitative estimate of drug-likeness (QED) is 0.283. The molecule has 0 saturated heterocycles. The topological polar surface area (TPSA) is 89.0 Å². The van der Waals surface area contributed by atoms with Gasteiger partial charge in [-0.25, -0.2) is 5.43 Å². The third-order valence-electron chi connectivity index (χ3n) is 3.88. The van der Waals surface area contributed by atoms with Gasteiger partial charge < -0.3 is 14.8 Å². The van der Waals surface area contributed by atoms with Crippen molar-refractivity contribution in [3.05, 3.63) is 58.6 Å². The van der Waals surface area contributed by atoms with Crippen LogP contribution in [0.15, 0.2) is 47.6 Å². The van der Waals surface area contributed by atoms with Crippen LogP contribution in [0.5, 0.6) is 11.5 Å². The lowest BCUT2D eigenvalue weighted by Gasteiger charge is -2.13. The number of halogens is 1. The van der Waals surface area contributed by atoms with Crippen molar-refractivity contribution in [2.75, 3.05) is 13.7 Å². The molecule has 2 N–H and O–H groups in total. The molecular weight excluding hydrogens is 394 g/mol. The lowest BCUT2D eigenvalue weighted by molar-refractivity contribution is -0.139. The summed E-state index contributed by atoms with van der Waals surface area (Å²) in [6.45, 7) is 2.78. The minimum atomic E-state index is -0.835. The minimum absolute atomic E-state index is 0.338. The number of rotatable bonds is 9. The van der Waals surface area contributed by atoms with E-state index in [0.29, 0.717) is 35.2 Å². The molecule has 0 aromatic heterocycles. The van der Waals surface area contributed by atoms with E-state index in [4.69, 9.17) is 21.1 Å². The van der Waals surface area contributed by atoms with Gasteiger partial charge in [0.05, 0.1) is 18.3 Å². The summed E-state index contributed by atoms with van der Waals surface area (Å²) in [6, 6.07) is 13.0. The Morgan fingerprint density at radius 3 is 2.62 bits per heavy atom. The number of benzene rings is 2. The number of carbonyl (C=O) groups is 2. The van der Waals surface area contributed by atoms with Gasteiger partial charge in [-0.3, -0.25) is 9.59 Å². The zero-order valence-corrected chi connectivity index (χ0v) is 17.2. The van der Waals surface area contributed by atoms with E-state index in [-0.39, 0.29) is 0 Å². The summed E-state index contributed by atoms with van der Waals surface area (Å²) >= 11 is 6.32. The van der Waals surface area contributed by atoms with E-state index in [0.717, 1.165) is 18.4 Å². The number of ether oxygens (including phenoxy) is 2. The summed E-state index contributed by atoms with van der Waals surface area (Å²) in [5.41, 5.74) is 3.75. The van der Waals surface area contributed by atoms with Crippen molar-refractivity contribution in [3.63, 3.8) is 0 Å². The van der Waals surface area contributed by atoms with Crippen LogP contribution >= 0.6 is 11.6 Å². The van der Waals surface area contributed by atoms with E-state index in [1.807, 2.05) is 37.3 Å². The van der Waals surface area contributed by atoms with Crippen molar-refractivity contribution in [2.24, 2.45) is 5.10 Å². The van der Waals surface area contributed by atoms with Crippen LogP contribution < -0.4 is 20.2 Å². The maximum atomic E-state index is 11.7. The first-order valence-corrected chi connectivity index (χ1v) is 9.58. The number of methoxy groups -OCH3 is 1. The molecule has 154 valence electrons. The van der Waals surface area contributed by atoms with Gasteiger partial charge in [-0.2, -0.15) is 5.10 Å². The fourth-order valence-corrected chi connectivity index (χ4v) is 2.63. The lowest BCUT2D eigenvalue weighted by atomic mass is 10.2. The zero-order chi connectivity index (χ0) is 21.1. The molecule has 8 heteroatoms. The third-order valence-corrected chi connectivity index (χ3v) is 4.16. The number of hydrazone groups is 1. The van der Waals surface area contributed by atoms with E-state index in [2.05, 4.69) is 15.8 Å². The van der Waals surface area contributed by atoms with Crippen LogP contribution in [0.3, 0.4) is 0 Å². The fourth-order valence-electron chi connectivity index (χ4n) is 2.36. The highest BCUT2D eigenvalue weighted by Crippen LogP contribution is 2.36. The molecule has 0 bridgehead atoms. The average molecular weight is 418 g/mol. The second kappa shape index (κ2) is 11.7. The number of unbranched alkanes of at least 4 members (excludes halogenated alkanes) is 1. The van der Waals surface area contributed by atoms with Crippen LogP contribution in [-0.2, 0) is 16.2 Å². The van der Waals surface area contributed by atoms with Crippen LogP contribution in [0.25, 0.3) is 0 Å². The first-order valence-electron chi connectivity index (χ1n) is 9.20. The first-order chi connectivity index (χ1) is 14.0. The van der Waals surface area contributed by atoms with Crippen molar-refractivity contribution in [1.82, 2.24) is 10.7 Å². The molecule has 2 aromatic carbocycles. The van der Waals surface area contributed by atoms with Gasteiger partial charge in [-0.05, 0) is 29.7 Å². The highest BCUT2D eigenvalue weighted by molar-refractivity contribution is 6.35. The van der Waals surface area contributed by atoms with Gasteiger partial charge in [0, 0.05) is 6.54 Å². The molecule has 0 saturated carbocycles. The molecule has 0 unspecified atom stereocenters. The molecule has 2 rings (SSSR count). The smallest absolute Gasteiger partial charge is 0.329 e. The highest BCUT2D eigenvalue weighted by atomic mass is 35.5. The lowest BCUT2D eigenvalue weighted by Crippen LogP contribution is -2.38. The summed E-state index contributed by atoms with van der Waals surface area (Å²) in [4.78, 5) is 23.3. The Balaban J connectivity index is 1.99. The largest absolute Gasteiger partial charge is 0.493 e. The van der Waals surface area contributed by atoms with Crippen LogP contribution in [0, 0.1) is 0 Å². The van der Waals surface area contributed by atoms with Crippen LogP contribution in [0.4, 0.5) is 0 Å². The summed E-state index contributed by atoms with van der Waals surface area (Å²) in [5.74, 6) is -0.720. The molecule has 7 nitrogen and oxygen atoms in total. The molecule has 2 amide bonds. The maximum absolute atomic E-state index is 11.7. The van der Waals surface area contributed by atoms with Crippen molar-refractivity contribution in [2.45, 2.75) is 26.4 Å². The van der Waals surface area contributed by atoms with E-state index in [1.54, 1.807) is 12.1 Å². The first kappa shape index (κ1) is 22.2. The summed E-state index contributed by atoms with van der Waals surface area (Å²) in [5, 5.41) is 6.64. The Bertz CT molecular complexity index is 857. The molecule has 0 heterocycles. The zero-order valence-electron chi connectivity index (χ0n) is 16.4. The van der Waals surface area contributed by atoms with E-state index < -0.39 is 11.8 Å². The SMILES string of the molecule is CCCCNC(=O)C(=O)N/N=C\c1cc(Cl)c(OCc2ccccc2)c(OC)c1. The number of amides is 2. The normalized spacial score (nSPS) is 10.6. The van der Waals surface area contributed by atoms with Crippen molar-refractivity contribution in [1.29, 1.82) is 0 Å². The number of hydrogen-bond donors (Lipinski definition) is 2. The van der Waals surface area contributed by atoms with Gasteiger partial charge in [0.25, 0.3) is 0 Å². The van der Waals surface area contributed by atoms with Gasteiger partial charge in [-0.15, -0.1) is 0 Å². The van der Waals surface area contributed by atoms with Gasteiger partial charge in [0.1, 0.15) is 6.61 Å². The number of nitrogens with one attached hydrogen (secondary N) is 2. The molecule has 0 aliphatic carbocycles. The molecule has 0 spiro atoms. The Hall–Kier alpha value is -3.06. The van der Waals surface area contributed by atoms with Gasteiger partial charge in [0.15, 0.2) is 11.5 Å². The Kier molecular flexibility index (Phi) is 8.98. The number of nitrogens with zero attached hydrogens (tertiary/aromatic N) is 1. The Labute approximate surface area is 175 Å². The molecular formula is C21H24ClN3O4. The van der Waals surface area contributed by atoms with Gasteiger partial charge >= 0.3 is 11.8 Å². The Morgan fingerprint density at radius 1 is 1.17 bits per heavy atom. The van der Waals surface area contributed by atoms with Crippen LogP contribution in [0.1, 0.15) is 30.9 Å². The predicted molar refractivity (Wildman–Crippen MR) is 112 cm³/mol.